The lowest BCUT2D eigenvalue weighted by Gasteiger charge is -2.47. The molecule has 2 aromatic heterocycles. The highest BCUT2D eigenvalue weighted by molar-refractivity contribution is 5.79. The van der Waals surface area contributed by atoms with Crippen LogP contribution < -0.4 is 9.64 Å². The smallest absolute Gasteiger partial charge is 0.260 e. The van der Waals surface area contributed by atoms with Crippen LogP contribution in [-0.2, 0) is 10.3 Å². The summed E-state index contributed by atoms with van der Waals surface area (Å²) in [4.78, 5) is 22.3. The fraction of sp³-hybridized carbons (Fsp3) is 0.385. The van der Waals surface area contributed by atoms with E-state index in [1.165, 1.54) is 5.69 Å². The molecular formula is C26H30N4O2. The molecule has 6 heteroatoms. The van der Waals surface area contributed by atoms with Gasteiger partial charge in [-0.2, -0.15) is 0 Å². The predicted octanol–water partition coefficient (Wildman–Crippen LogP) is 4.25. The van der Waals surface area contributed by atoms with Crippen molar-refractivity contribution in [2.24, 2.45) is 5.92 Å². The number of amides is 1. The molecule has 0 aliphatic carbocycles. The molecule has 0 saturated carbocycles. The second-order valence-electron chi connectivity index (χ2n) is 9.14. The van der Waals surface area contributed by atoms with Crippen LogP contribution in [0.3, 0.4) is 0 Å². The van der Waals surface area contributed by atoms with Gasteiger partial charge in [-0.3, -0.25) is 4.79 Å². The zero-order valence-electron chi connectivity index (χ0n) is 18.8. The maximum atomic E-state index is 13.1. The number of hydrogen-bond donors (Lipinski definition) is 0. The Bertz CT molecular complexity index is 1090. The summed E-state index contributed by atoms with van der Waals surface area (Å²) in [5.41, 5.74) is 2.11. The molecule has 1 aromatic carbocycles. The highest BCUT2D eigenvalue weighted by atomic mass is 16.5. The van der Waals surface area contributed by atoms with Gasteiger partial charge in [0.25, 0.3) is 5.91 Å². The van der Waals surface area contributed by atoms with Crippen molar-refractivity contribution in [3.63, 3.8) is 0 Å². The number of carbonyl (C=O) groups is 1. The van der Waals surface area contributed by atoms with Crippen molar-refractivity contribution in [3.8, 4) is 11.6 Å². The Morgan fingerprint density at radius 2 is 1.97 bits per heavy atom. The Hall–Kier alpha value is -3.28. The third-order valence-corrected chi connectivity index (χ3v) is 6.66. The predicted molar refractivity (Wildman–Crippen MR) is 125 cm³/mol. The first kappa shape index (κ1) is 20.6. The van der Waals surface area contributed by atoms with Gasteiger partial charge in [-0.1, -0.05) is 32.0 Å². The number of fused-ring (bicyclic) bond motifs is 4. The topological polar surface area (TPSA) is 50.6 Å². The van der Waals surface area contributed by atoms with Gasteiger partial charge in [-0.15, -0.1) is 0 Å². The molecule has 1 amide bonds. The van der Waals surface area contributed by atoms with Gasteiger partial charge >= 0.3 is 0 Å². The number of nitrogens with zero attached hydrogens (tertiary/aromatic N) is 4. The SMILES string of the molecule is CC(C)CCN1c2cccnc2-n2cccc2C12CCN(C(=O)COc1ccccc1)C2. The lowest BCUT2D eigenvalue weighted by Crippen LogP contribution is -2.53. The van der Waals surface area contributed by atoms with Crippen molar-refractivity contribution in [2.75, 3.05) is 31.1 Å². The first-order valence-corrected chi connectivity index (χ1v) is 11.4. The van der Waals surface area contributed by atoms with Gasteiger partial charge < -0.3 is 19.1 Å². The van der Waals surface area contributed by atoms with E-state index in [-0.39, 0.29) is 18.1 Å². The number of hydrogen-bond acceptors (Lipinski definition) is 4. The quantitative estimate of drug-likeness (QED) is 0.587. The van der Waals surface area contributed by atoms with E-state index >= 15 is 0 Å². The van der Waals surface area contributed by atoms with Gasteiger partial charge in [-0.25, -0.2) is 4.98 Å². The summed E-state index contributed by atoms with van der Waals surface area (Å²) in [5.74, 6) is 2.32. The molecule has 32 heavy (non-hydrogen) atoms. The van der Waals surface area contributed by atoms with Crippen molar-refractivity contribution in [3.05, 3.63) is 72.7 Å². The van der Waals surface area contributed by atoms with Crippen molar-refractivity contribution >= 4 is 11.6 Å². The maximum absolute atomic E-state index is 13.1. The van der Waals surface area contributed by atoms with E-state index in [2.05, 4.69) is 47.7 Å². The summed E-state index contributed by atoms with van der Waals surface area (Å²) in [5, 5.41) is 0. The zero-order valence-corrected chi connectivity index (χ0v) is 18.8. The molecule has 1 unspecified atom stereocenters. The molecule has 3 aromatic rings. The minimum Gasteiger partial charge on any atom is -0.484 e. The van der Waals surface area contributed by atoms with Crippen LogP contribution in [0.15, 0.2) is 67.0 Å². The van der Waals surface area contributed by atoms with Gasteiger partial charge in [0.05, 0.1) is 11.4 Å². The molecule has 2 aliphatic heterocycles. The number of likely N-dealkylation sites (tertiary alicyclic amines) is 1. The van der Waals surface area contributed by atoms with E-state index < -0.39 is 0 Å². The number of benzene rings is 1. The van der Waals surface area contributed by atoms with Crippen LogP contribution in [0.4, 0.5) is 5.69 Å². The highest BCUT2D eigenvalue weighted by Gasteiger charge is 2.50. The molecule has 1 atom stereocenters. The van der Waals surface area contributed by atoms with E-state index in [1.807, 2.05) is 47.5 Å². The third kappa shape index (κ3) is 3.53. The molecule has 1 spiro atoms. The second kappa shape index (κ2) is 8.34. The van der Waals surface area contributed by atoms with E-state index in [4.69, 9.17) is 9.72 Å². The molecule has 5 rings (SSSR count). The summed E-state index contributed by atoms with van der Waals surface area (Å²) in [7, 11) is 0. The van der Waals surface area contributed by atoms with Gasteiger partial charge in [0.15, 0.2) is 12.4 Å². The number of rotatable bonds is 6. The van der Waals surface area contributed by atoms with E-state index in [9.17, 15) is 4.79 Å². The van der Waals surface area contributed by atoms with Crippen molar-refractivity contribution in [1.82, 2.24) is 14.5 Å². The first-order chi connectivity index (χ1) is 15.6. The average molecular weight is 431 g/mol. The van der Waals surface area contributed by atoms with E-state index in [1.54, 1.807) is 0 Å². The van der Waals surface area contributed by atoms with E-state index in [0.717, 1.165) is 43.2 Å². The van der Waals surface area contributed by atoms with Gasteiger partial charge in [0, 0.05) is 32.0 Å². The molecule has 2 aliphatic rings. The van der Waals surface area contributed by atoms with Crippen molar-refractivity contribution < 1.29 is 9.53 Å². The van der Waals surface area contributed by atoms with Gasteiger partial charge in [0.2, 0.25) is 0 Å². The zero-order chi connectivity index (χ0) is 22.1. The number of carbonyl (C=O) groups excluding carboxylic acids is 1. The molecule has 0 bridgehead atoms. The molecule has 0 N–H and O–H groups in total. The Labute approximate surface area is 189 Å². The van der Waals surface area contributed by atoms with Crippen LogP contribution in [0.2, 0.25) is 0 Å². The Kier molecular flexibility index (Phi) is 5.37. The molecule has 6 nitrogen and oxygen atoms in total. The third-order valence-electron chi connectivity index (χ3n) is 6.66. The normalized spacial score (nSPS) is 19.3. The van der Waals surface area contributed by atoms with Crippen LogP contribution in [0.25, 0.3) is 5.82 Å². The fourth-order valence-electron chi connectivity index (χ4n) is 5.01. The Balaban J connectivity index is 1.43. The fourth-order valence-corrected chi connectivity index (χ4v) is 5.01. The molecular weight excluding hydrogens is 400 g/mol. The van der Waals surface area contributed by atoms with Gasteiger partial charge in [0.1, 0.15) is 11.3 Å². The summed E-state index contributed by atoms with van der Waals surface area (Å²) < 4.78 is 7.96. The maximum Gasteiger partial charge on any atom is 0.260 e. The van der Waals surface area contributed by atoms with Crippen LogP contribution in [0.1, 0.15) is 32.4 Å². The molecule has 1 fully saturated rings. The number of aromatic nitrogens is 2. The summed E-state index contributed by atoms with van der Waals surface area (Å²) in [6, 6.07) is 18.0. The number of para-hydroxylation sites is 1. The first-order valence-electron chi connectivity index (χ1n) is 11.4. The van der Waals surface area contributed by atoms with Crippen molar-refractivity contribution in [2.45, 2.75) is 32.2 Å². The standard InChI is InChI=1S/C26H30N4O2/c1-20(2)12-16-30-22-10-6-14-27-25(22)29-15-7-11-23(29)26(30)13-17-28(19-26)24(31)18-32-21-8-4-3-5-9-21/h3-11,14-15,20H,12-13,16-19H2,1-2H3. The van der Waals surface area contributed by atoms with Crippen LogP contribution >= 0.6 is 0 Å². The number of pyridine rings is 1. The summed E-state index contributed by atoms with van der Waals surface area (Å²) >= 11 is 0. The monoisotopic (exact) mass is 430 g/mol. The lowest BCUT2D eigenvalue weighted by molar-refractivity contribution is -0.132. The van der Waals surface area contributed by atoms with Crippen LogP contribution in [0, 0.1) is 5.92 Å². The van der Waals surface area contributed by atoms with Crippen LogP contribution in [-0.4, -0.2) is 46.6 Å². The molecule has 0 radical (unpaired) electrons. The molecule has 1 saturated heterocycles. The van der Waals surface area contributed by atoms with Gasteiger partial charge in [-0.05, 0) is 55.2 Å². The Morgan fingerprint density at radius 3 is 2.78 bits per heavy atom. The van der Waals surface area contributed by atoms with E-state index in [0.29, 0.717) is 12.5 Å². The second-order valence-corrected chi connectivity index (χ2v) is 9.14. The molecule has 166 valence electrons. The molecule has 4 heterocycles. The lowest BCUT2D eigenvalue weighted by atomic mass is 9.88. The van der Waals surface area contributed by atoms with Crippen molar-refractivity contribution in [1.29, 1.82) is 0 Å². The summed E-state index contributed by atoms with van der Waals surface area (Å²) in [6.45, 7) is 6.88. The highest BCUT2D eigenvalue weighted by Crippen LogP contribution is 2.47. The minimum absolute atomic E-state index is 0.0321. The summed E-state index contributed by atoms with van der Waals surface area (Å²) in [6.07, 6.45) is 5.92. The van der Waals surface area contributed by atoms with Crippen LogP contribution in [0.5, 0.6) is 5.75 Å². The number of ether oxygens (including phenoxy) is 1. The Morgan fingerprint density at radius 1 is 1.12 bits per heavy atom. The largest absolute Gasteiger partial charge is 0.484 e. The number of anilines is 1. The minimum atomic E-state index is -0.253. The average Bonchev–Trinajstić information content (AvgIpc) is 3.47.